The Bertz CT molecular complexity index is 478. The third-order valence-electron chi connectivity index (χ3n) is 1.99. The first kappa shape index (κ1) is 9.67. The van der Waals surface area contributed by atoms with Gasteiger partial charge in [-0.2, -0.15) is 5.10 Å². The van der Waals surface area contributed by atoms with Crippen LogP contribution in [0, 0.1) is 0 Å². The number of fused-ring (bicyclic) bond motifs is 1. The zero-order valence-corrected chi connectivity index (χ0v) is 7.96. The minimum Gasteiger partial charge on any atom is -0.480 e. The molecule has 0 spiro atoms. The maximum atomic E-state index is 10.2. The number of para-hydroxylation sites is 1. The van der Waals surface area contributed by atoms with Crippen molar-refractivity contribution in [1.82, 2.24) is 9.78 Å². The van der Waals surface area contributed by atoms with Gasteiger partial charge in [-0.05, 0) is 6.07 Å². The van der Waals surface area contributed by atoms with E-state index >= 15 is 0 Å². The van der Waals surface area contributed by atoms with E-state index < -0.39 is 5.97 Å². The van der Waals surface area contributed by atoms with Gasteiger partial charge in [0.05, 0.1) is 11.7 Å². The van der Waals surface area contributed by atoms with Gasteiger partial charge >= 0.3 is 5.97 Å². The second-order valence-electron chi connectivity index (χ2n) is 3.07. The molecule has 0 aliphatic rings. The Balaban J connectivity index is 2.11. The monoisotopic (exact) mass is 206 g/mol. The summed E-state index contributed by atoms with van der Waals surface area (Å²) in [4.78, 5) is 10.2. The highest BCUT2D eigenvalue weighted by Crippen LogP contribution is 2.12. The topological polar surface area (TPSA) is 64.3 Å². The van der Waals surface area contributed by atoms with Crippen LogP contribution in [-0.2, 0) is 16.3 Å². The van der Waals surface area contributed by atoms with Crippen molar-refractivity contribution in [3.8, 4) is 0 Å². The van der Waals surface area contributed by atoms with Crippen LogP contribution in [0.25, 0.3) is 10.9 Å². The molecule has 0 radical (unpaired) electrons. The lowest BCUT2D eigenvalue weighted by Crippen LogP contribution is -2.11. The summed E-state index contributed by atoms with van der Waals surface area (Å²) in [5.41, 5.74) is 0.933. The lowest BCUT2D eigenvalue weighted by atomic mass is 10.3. The molecule has 5 heteroatoms. The predicted octanol–water partition coefficient (Wildman–Crippen LogP) is 1.09. The van der Waals surface area contributed by atoms with Crippen LogP contribution in [0.1, 0.15) is 0 Å². The highest BCUT2D eigenvalue weighted by atomic mass is 16.5. The molecule has 1 heterocycles. The van der Waals surface area contributed by atoms with E-state index in [4.69, 9.17) is 9.84 Å². The molecule has 2 rings (SSSR count). The largest absolute Gasteiger partial charge is 0.480 e. The molecule has 0 atom stereocenters. The van der Waals surface area contributed by atoms with E-state index in [1.165, 1.54) is 0 Å². The molecule has 5 nitrogen and oxygen atoms in total. The van der Waals surface area contributed by atoms with Crippen molar-refractivity contribution in [2.75, 3.05) is 6.61 Å². The minimum atomic E-state index is -0.980. The van der Waals surface area contributed by atoms with Gasteiger partial charge in [0.1, 0.15) is 13.3 Å². The Hall–Kier alpha value is -1.88. The number of benzene rings is 1. The van der Waals surface area contributed by atoms with E-state index in [-0.39, 0.29) is 13.3 Å². The normalized spacial score (nSPS) is 10.7. The van der Waals surface area contributed by atoms with Crippen molar-refractivity contribution < 1.29 is 14.6 Å². The van der Waals surface area contributed by atoms with Gasteiger partial charge in [-0.15, -0.1) is 0 Å². The number of hydrogen-bond donors (Lipinski definition) is 1. The summed E-state index contributed by atoms with van der Waals surface area (Å²) < 4.78 is 6.57. The summed E-state index contributed by atoms with van der Waals surface area (Å²) in [5.74, 6) is -0.980. The summed E-state index contributed by atoms with van der Waals surface area (Å²) in [7, 11) is 0. The van der Waals surface area contributed by atoms with Gasteiger partial charge in [-0.1, -0.05) is 18.2 Å². The molecule has 0 saturated carbocycles. The fourth-order valence-corrected chi connectivity index (χ4v) is 1.35. The summed E-state index contributed by atoms with van der Waals surface area (Å²) in [6.45, 7) is -0.159. The molecule has 0 amide bonds. The van der Waals surface area contributed by atoms with Crippen LogP contribution >= 0.6 is 0 Å². The molecule has 78 valence electrons. The van der Waals surface area contributed by atoms with Crippen molar-refractivity contribution in [2.24, 2.45) is 0 Å². The Morgan fingerprint density at radius 2 is 2.27 bits per heavy atom. The summed E-state index contributed by atoms with van der Waals surface area (Å²) in [6, 6.07) is 7.67. The van der Waals surface area contributed by atoms with Gasteiger partial charge in [0.2, 0.25) is 0 Å². The molecule has 15 heavy (non-hydrogen) atoms. The number of carbonyl (C=O) groups is 1. The van der Waals surface area contributed by atoms with Crippen molar-refractivity contribution in [1.29, 1.82) is 0 Å². The van der Waals surface area contributed by atoms with Gasteiger partial charge in [0.25, 0.3) is 0 Å². The molecule has 0 aliphatic heterocycles. The van der Waals surface area contributed by atoms with E-state index in [2.05, 4.69) is 5.10 Å². The number of hydrogen-bond acceptors (Lipinski definition) is 3. The van der Waals surface area contributed by atoms with Crippen LogP contribution in [0.4, 0.5) is 0 Å². The summed E-state index contributed by atoms with van der Waals surface area (Å²) in [5, 5.41) is 13.5. The van der Waals surface area contributed by atoms with Gasteiger partial charge in [0, 0.05) is 5.39 Å². The SMILES string of the molecule is O=C(O)COCn1ncc2ccccc21. The second kappa shape index (κ2) is 4.10. The minimum absolute atomic E-state index is 0.153. The maximum absolute atomic E-state index is 10.2. The molecule has 0 unspecified atom stereocenters. The van der Waals surface area contributed by atoms with Crippen molar-refractivity contribution in [2.45, 2.75) is 6.73 Å². The number of aliphatic carboxylic acids is 1. The first-order valence-electron chi connectivity index (χ1n) is 4.47. The van der Waals surface area contributed by atoms with Crippen LogP contribution in [0.5, 0.6) is 0 Å². The first-order valence-corrected chi connectivity index (χ1v) is 4.47. The van der Waals surface area contributed by atoms with Gasteiger partial charge < -0.3 is 9.84 Å². The summed E-state index contributed by atoms with van der Waals surface area (Å²) >= 11 is 0. The van der Waals surface area contributed by atoms with Gasteiger partial charge in [0.15, 0.2) is 0 Å². The van der Waals surface area contributed by atoms with Crippen molar-refractivity contribution in [3.05, 3.63) is 30.5 Å². The molecule has 0 aliphatic carbocycles. The lowest BCUT2D eigenvalue weighted by molar-refractivity contribution is -0.143. The third kappa shape index (κ3) is 2.13. The quantitative estimate of drug-likeness (QED) is 0.813. The smallest absolute Gasteiger partial charge is 0.329 e. The molecule has 1 N–H and O–H groups in total. The molecule has 1 aromatic heterocycles. The highest BCUT2D eigenvalue weighted by molar-refractivity contribution is 5.78. The maximum Gasteiger partial charge on any atom is 0.329 e. The van der Waals surface area contributed by atoms with Gasteiger partial charge in [-0.25, -0.2) is 9.48 Å². The zero-order valence-electron chi connectivity index (χ0n) is 7.96. The molecule has 2 aromatic rings. The number of ether oxygens (including phenoxy) is 1. The Morgan fingerprint density at radius 3 is 3.07 bits per heavy atom. The van der Waals surface area contributed by atoms with E-state index in [1.54, 1.807) is 10.9 Å². The number of carboxylic acid groups (broad SMARTS) is 1. The Labute approximate surface area is 85.9 Å². The standard InChI is InChI=1S/C10H10N2O3/c13-10(14)6-15-7-12-9-4-2-1-3-8(9)5-11-12/h1-5H,6-7H2,(H,13,14). The van der Waals surface area contributed by atoms with E-state index in [9.17, 15) is 4.79 Å². The Morgan fingerprint density at radius 1 is 1.47 bits per heavy atom. The zero-order chi connectivity index (χ0) is 10.7. The molecule has 0 fully saturated rings. The molecule has 1 aromatic carbocycles. The van der Waals surface area contributed by atoms with Crippen LogP contribution < -0.4 is 0 Å². The Kier molecular flexibility index (Phi) is 2.64. The van der Waals surface area contributed by atoms with Crippen LogP contribution in [0.15, 0.2) is 30.5 Å². The lowest BCUT2D eigenvalue weighted by Gasteiger charge is -2.02. The predicted molar refractivity (Wildman–Crippen MR) is 53.3 cm³/mol. The van der Waals surface area contributed by atoms with Crippen LogP contribution in [0.2, 0.25) is 0 Å². The average Bonchev–Trinajstić information content (AvgIpc) is 2.62. The van der Waals surface area contributed by atoms with Crippen molar-refractivity contribution >= 4 is 16.9 Å². The first-order chi connectivity index (χ1) is 7.27. The average molecular weight is 206 g/mol. The highest BCUT2D eigenvalue weighted by Gasteiger charge is 2.02. The molecular formula is C10H10N2O3. The van der Waals surface area contributed by atoms with Gasteiger partial charge in [-0.3, -0.25) is 0 Å². The summed E-state index contributed by atoms with van der Waals surface area (Å²) in [6.07, 6.45) is 1.72. The number of carboxylic acids is 1. The number of aromatic nitrogens is 2. The molecular weight excluding hydrogens is 196 g/mol. The molecule has 0 bridgehead atoms. The van der Waals surface area contributed by atoms with Crippen LogP contribution in [0.3, 0.4) is 0 Å². The molecule has 0 saturated heterocycles. The van der Waals surface area contributed by atoms with Crippen molar-refractivity contribution in [3.63, 3.8) is 0 Å². The third-order valence-corrected chi connectivity index (χ3v) is 1.99. The number of rotatable bonds is 4. The fraction of sp³-hybridized carbons (Fsp3) is 0.200. The van der Waals surface area contributed by atoms with E-state index in [1.807, 2.05) is 24.3 Å². The second-order valence-corrected chi connectivity index (χ2v) is 3.07. The van der Waals surface area contributed by atoms with E-state index in [0.717, 1.165) is 10.9 Å². The fourth-order valence-electron chi connectivity index (χ4n) is 1.35. The van der Waals surface area contributed by atoms with E-state index in [0.29, 0.717) is 0 Å². The number of nitrogens with zero attached hydrogens (tertiary/aromatic N) is 2. The van der Waals surface area contributed by atoms with Crippen LogP contribution in [-0.4, -0.2) is 27.5 Å².